The van der Waals surface area contributed by atoms with Crippen molar-refractivity contribution in [3.05, 3.63) is 77.9 Å². The predicted octanol–water partition coefficient (Wildman–Crippen LogP) is 4.43. The third kappa shape index (κ3) is 3.06. The molecule has 0 atom stereocenters. The fourth-order valence-corrected chi connectivity index (χ4v) is 2.86. The lowest BCUT2D eigenvalue weighted by molar-refractivity contribution is 0.0959. The zero-order valence-electron chi connectivity index (χ0n) is 14.0. The Morgan fingerprint density at radius 3 is 2.71 bits per heavy atom. The molecule has 1 N–H and O–H groups in total. The van der Waals surface area contributed by atoms with Gasteiger partial charge in [-0.25, -0.2) is 4.98 Å². The van der Waals surface area contributed by atoms with Gasteiger partial charge >= 0.3 is 0 Å². The summed E-state index contributed by atoms with van der Waals surface area (Å²) < 4.78 is 0. The summed E-state index contributed by atoms with van der Waals surface area (Å²) >= 11 is 0. The summed E-state index contributed by atoms with van der Waals surface area (Å²) in [7, 11) is 0. The number of amides is 1. The summed E-state index contributed by atoms with van der Waals surface area (Å²) in [6, 6.07) is 15.9. The largest absolute Gasteiger partial charge is 0.349 e. The van der Waals surface area contributed by atoms with Crippen LogP contribution in [0.25, 0.3) is 22.2 Å². The molecule has 3 nitrogen and oxygen atoms in total. The van der Waals surface area contributed by atoms with Crippen molar-refractivity contribution in [1.82, 2.24) is 10.3 Å². The van der Waals surface area contributed by atoms with Crippen molar-refractivity contribution in [3.8, 4) is 11.3 Å². The van der Waals surface area contributed by atoms with E-state index in [-0.39, 0.29) is 5.91 Å². The smallest absolute Gasteiger partial charge is 0.252 e. The molecule has 0 aliphatic heterocycles. The summed E-state index contributed by atoms with van der Waals surface area (Å²) in [5, 5.41) is 3.71. The third-order valence-corrected chi connectivity index (χ3v) is 4.03. The van der Waals surface area contributed by atoms with Gasteiger partial charge < -0.3 is 5.32 Å². The molecule has 0 bridgehead atoms. The van der Waals surface area contributed by atoms with Crippen LogP contribution in [0.5, 0.6) is 0 Å². The van der Waals surface area contributed by atoms with Crippen LogP contribution in [0, 0.1) is 13.8 Å². The van der Waals surface area contributed by atoms with E-state index in [0.717, 1.165) is 27.7 Å². The molecule has 0 aliphatic carbocycles. The Morgan fingerprint density at radius 2 is 1.96 bits per heavy atom. The molecule has 120 valence electrons. The van der Waals surface area contributed by atoms with Crippen LogP contribution in [0.3, 0.4) is 0 Å². The zero-order valence-corrected chi connectivity index (χ0v) is 14.0. The number of hydrogen-bond donors (Lipinski definition) is 1. The summed E-state index contributed by atoms with van der Waals surface area (Å²) in [6.45, 7) is 8.22. The van der Waals surface area contributed by atoms with E-state index in [1.807, 2.05) is 30.3 Å². The van der Waals surface area contributed by atoms with Gasteiger partial charge in [0.2, 0.25) is 0 Å². The number of carbonyl (C=O) groups is 1. The summed E-state index contributed by atoms with van der Waals surface area (Å²) in [6.07, 6.45) is 1.67. The highest BCUT2D eigenvalue weighted by atomic mass is 16.1. The zero-order chi connectivity index (χ0) is 17.1. The standard InChI is InChI=1S/C21H20N2O/c1-4-11-22-21(24)18-13-20(16-10-9-14(2)12-15(16)3)23-19-8-6-5-7-17(18)19/h4-10,12-13H,1,11H2,2-3H3,(H,22,24). The Bertz CT molecular complexity index is 928. The van der Waals surface area contributed by atoms with Crippen molar-refractivity contribution >= 4 is 16.8 Å². The third-order valence-electron chi connectivity index (χ3n) is 4.03. The number of pyridine rings is 1. The molecule has 1 aromatic heterocycles. The second kappa shape index (κ2) is 6.67. The van der Waals surface area contributed by atoms with E-state index in [9.17, 15) is 4.79 Å². The quantitative estimate of drug-likeness (QED) is 0.723. The fourth-order valence-electron chi connectivity index (χ4n) is 2.86. The molecule has 0 aliphatic rings. The molecular weight excluding hydrogens is 296 g/mol. The second-order valence-electron chi connectivity index (χ2n) is 5.89. The van der Waals surface area contributed by atoms with Crippen LogP contribution in [0.2, 0.25) is 0 Å². The van der Waals surface area contributed by atoms with Gasteiger partial charge in [-0.3, -0.25) is 4.79 Å². The molecule has 1 heterocycles. The lowest BCUT2D eigenvalue weighted by Gasteiger charge is -2.12. The van der Waals surface area contributed by atoms with Crippen LogP contribution in [0.1, 0.15) is 21.5 Å². The van der Waals surface area contributed by atoms with Gasteiger partial charge in [0.25, 0.3) is 5.91 Å². The van der Waals surface area contributed by atoms with Gasteiger partial charge in [-0.1, -0.05) is 48.0 Å². The molecular formula is C21H20N2O. The first-order valence-corrected chi connectivity index (χ1v) is 7.96. The number of rotatable bonds is 4. The molecule has 1 amide bonds. The Morgan fingerprint density at radius 1 is 1.17 bits per heavy atom. The van der Waals surface area contributed by atoms with Crippen molar-refractivity contribution in [2.75, 3.05) is 6.54 Å². The SMILES string of the molecule is C=CCNC(=O)c1cc(-c2ccc(C)cc2C)nc2ccccc12. The maximum absolute atomic E-state index is 12.6. The number of nitrogens with one attached hydrogen (secondary N) is 1. The molecule has 0 saturated carbocycles. The number of nitrogens with zero attached hydrogens (tertiary/aromatic N) is 1. The maximum Gasteiger partial charge on any atom is 0.252 e. The van der Waals surface area contributed by atoms with E-state index < -0.39 is 0 Å². The van der Waals surface area contributed by atoms with Gasteiger partial charge in [-0.05, 0) is 31.5 Å². The van der Waals surface area contributed by atoms with Crippen LogP contribution in [-0.4, -0.2) is 17.4 Å². The molecule has 0 fully saturated rings. The Labute approximate surface area is 142 Å². The van der Waals surface area contributed by atoms with Crippen molar-refractivity contribution < 1.29 is 4.79 Å². The van der Waals surface area contributed by atoms with Crippen LogP contribution < -0.4 is 5.32 Å². The van der Waals surface area contributed by atoms with Crippen LogP contribution in [0.4, 0.5) is 0 Å². The van der Waals surface area contributed by atoms with E-state index in [1.165, 1.54) is 5.56 Å². The Hall–Kier alpha value is -2.94. The van der Waals surface area contributed by atoms with Gasteiger partial charge in [0.1, 0.15) is 0 Å². The molecule has 3 heteroatoms. The molecule has 0 unspecified atom stereocenters. The minimum atomic E-state index is -0.112. The minimum absolute atomic E-state index is 0.112. The normalized spacial score (nSPS) is 10.6. The average Bonchev–Trinajstić information content (AvgIpc) is 2.58. The lowest BCUT2D eigenvalue weighted by atomic mass is 9.99. The topological polar surface area (TPSA) is 42.0 Å². The minimum Gasteiger partial charge on any atom is -0.349 e. The van der Waals surface area contributed by atoms with Gasteiger partial charge in [0, 0.05) is 17.5 Å². The van der Waals surface area contributed by atoms with Crippen molar-refractivity contribution in [2.24, 2.45) is 0 Å². The summed E-state index contributed by atoms with van der Waals surface area (Å²) in [5.41, 5.74) is 5.67. The summed E-state index contributed by atoms with van der Waals surface area (Å²) in [4.78, 5) is 17.3. The van der Waals surface area contributed by atoms with Crippen molar-refractivity contribution in [1.29, 1.82) is 0 Å². The van der Waals surface area contributed by atoms with Gasteiger partial charge in [0.15, 0.2) is 0 Å². The predicted molar refractivity (Wildman–Crippen MR) is 99.2 cm³/mol. The number of hydrogen-bond acceptors (Lipinski definition) is 2. The molecule has 0 radical (unpaired) electrons. The Balaban J connectivity index is 2.19. The highest BCUT2D eigenvalue weighted by Crippen LogP contribution is 2.27. The first-order valence-electron chi connectivity index (χ1n) is 7.96. The molecule has 0 saturated heterocycles. The number of aryl methyl sites for hydroxylation is 2. The lowest BCUT2D eigenvalue weighted by Crippen LogP contribution is -2.23. The van der Waals surface area contributed by atoms with E-state index in [1.54, 1.807) is 6.08 Å². The van der Waals surface area contributed by atoms with E-state index in [0.29, 0.717) is 12.1 Å². The first kappa shape index (κ1) is 15.9. The number of carbonyl (C=O) groups excluding carboxylic acids is 1. The highest BCUT2D eigenvalue weighted by molar-refractivity contribution is 6.07. The molecule has 3 aromatic rings. The molecule has 0 spiro atoms. The average molecular weight is 316 g/mol. The molecule has 24 heavy (non-hydrogen) atoms. The first-order chi connectivity index (χ1) is 11.6. The van der Waals surface area contributed by atoms with Crippen molar-refractivity contribution in [3.63, 3.8) is 0 Å². The van der Waals surface area contributed by atoms with E-state index >= 15 is 0 Å². The molecule has 3 rings (SSSR count). The Kier molecular flexibility index (Phi) is 4.43. The van der Waals surface area contributed by atoms with Gasteiger partial charge in [0.05, 0.1) is 16.8 Å². The number of fused-ring (bicyclic) bond motifs is 1. The number of para-hydroxylation sites is 1. The van der Waals surface area contributed by atoms with Crippen LogP contribution in [0.15, 0.2) is 61.2 Å². The monoisotopic (exact) mass is 316 g/mol. The fraction of sp³-hybridized carbons (Fsp3) is 0.143. The van der Waals surface area contributed by atoms with Crippen LogP contribution >= 0.6 is 0 Å². The van der Waals surface area contributed by atoms with Gasteiger partial charge in [-0.2, -0.15) is 0 Å². The highest BCUT2D eigenvalue weighted by Gasteiger charge is 2.14. The summed E-state index contributed by atoms with van der Waals surface area (Å²) in [5.74, 6) is -0.112. The molecule has 2 aromatic carbocycles. The number of benzene rings is 2. The maximum atomic E-state index is 12.6. The second-order valence-corrected chi connectivity index (χ2v) is 5.89. The van der Waals surface area contributed by atoms with Crippen molar-refractivity contribution in [2.45, 2.75) is 13.8 Å². The number of aromatic nitrogens is 1. The van der Waals surface area contributed by atoms with Gasteiger partial charge in [-0.15, -0.1) is 6.58 Å². The van der Waals surface area contributed by atoms with Crippen LogP contribution in [-0.2, 0) is 0 Å². The van der Waals surface area contributed by atoms with E-state index in [4.69, 9.17) is 4.98 Å². The van der Waals surface area contributed by atoms with E-state index in [2.05, 4.69) is 43.9 Å².